The summed E-state index contributed by atoms with van der Waals surface area (Å²) in [5.41, 5.74) is 1.87. The van der Waals surface area contributed by atoms with Gasteiger partial charge in [0, 0.05) is 18.8 Å². The van der Waals surface area contributed by atoms with Gasteiger partial charge in [-0.05, 0) is 30.9 Å². The highest BCUT2D eigenvalue weighted by Gasteiger charge is 2.39. The molecule has 0 unspecified atom stereocenters. The lowest BCUT2D eigenvalue weighted by Crippen LogP contribution is -2.42. The molecule has 2 heterocycles. The molecule has 1 aromatic rings. The van der Waals surface area contributed by atoms with E-state index in [-0.39, 0.29) is 11.4 Å². The maximum absolute atomic E-state index is 13.5. The van der Waals surface area contributed by atoms with Crippen molar-refractivity contribution in [1.82, 2.24) is 0 Å². The van der Waals surface area contributed by atoms with Crippen LogP contribution in [0.2, 0.25) is 0 Å². The summed E-state index contributed by atoms with van der Waals surface area (Å²) in [5, 5.41) is 3.36. The second-order valence-electron chi connectivity index (χ2n) is 4.47. The van der Waals surface area contributed by atoms with Gasteiger partial charge in [-0.3, -0.25) is 0 Å². The molecule has 0 aromatic heterocycles. The zero-order valence-corrected chi connectivity index (χ0v) is 8.55. The number of para-hydroxylation sites is 1. The minimum absolute atomic E-state index is 0.0583. The van der Waals surface area contributed by atoms with Crippen LogP contribution in [0.3, 0.4) is 0 Å². The molecule has 1 spiro atoms. The zero-order valence-electron chi connectivity index (χ0n) is 8.55. The van der Waals surface area contributed by atoms with Gasteiger partial charge >= 0.3 is 0 Å². The van der Waals surface area contributed by atoms with Crippen molar-refractivity contribution in [1.29, 1.82) is 0 Å². The van der Waals surface area contributed by atoms with E-state index in [1.165, 1.54) is 6.07 Å². The van der Waals surface area contributed by atoms with E-state index in [1.54, 1.807) is 6.07 Å². The average Bonchev–Trinajstić information content (AvgIpc) is 2.59. The van der Waals surface area contributed by atoms with Gasteiger partial charge in [0.05, 0.1) is 5.69 Å². The summed E-state index contributed by atoms with van der Waals surface area (Å²) in [6.45, 7) is 1.56. The van der Waals surface area contributed by atoms with Crippen LogP contribution in [-0.2, 0) is 11.2 Å². The van der Waals surface area contributed by atoms with E-state index < -0.39 is 0 Å². The summed E-state index contributed by atoms with van der Waals surface area (Å²) >= 11 is 0. The number of anilines is 1. The van der Waals surface area contributed by atoms with Crippen LogP contribution in [0.4, 0.5) is 10.1 Å². The Labute approximate surface area is 88.4 Å². The molecule has 0 radical (unpaired) electrons. The molecule has 2 nitrogen and oxygen atoms in total. The highest BCUT2D eigenvalue weighted by Crippen LogP contribution is 2.39. The average molecular weight is 207 g/mol. The maximum Gasteiger partial charge on any atom is 0.146 e. The first-order chi connectivity index (χ1) is 7.29. The lowest BCUT2D eigenvalue weighted by atomic mass is 9.87. The second kappa shape index (κ2) is 3.20. The molecule has 1 N–H and O–H groups in total. The summed E-state index contributed by atoms with van der Waals surface area (Å²) < 4.78 is 18.9. The van der Waals surface area contributed by atoms with Gasteiger partial charge in [0.1, 0.15) is 5.82 Å². The summed E-state index contributed by atoms with van der Waals surface area (Å²) in [5.74, 6) is -0.129. The predicted octanol–water partition coefficient (Wildman–Crippen LogP) is 2.34. The minimum atomic E-state index is -0.129. The van der Waals surface area contributed by atoms with Gasteiger partial charge < -0.3 is 10.1 Å². The number of hydrogen-bond acceptors (Lipinski definition) is 2. The number of halogens is 1. The van der Waals surface area contributed by atoms with Crippen molar-refractivity contribution < 1.29 is 9.13 Å². The van der Waals surface area contributed by atoms with Crippen LogP contribution in [0.25, 0.3) is 0 Å². The van der Waals surface area contributed by atoms with Crippen molar-refractivity contribution in [3.8, 4) is 0 Å². The number of fused-ring (bicyclic) bond motifs is 1. The second-order valence-corrected chi connectivity index (χ2v) is 4.47. The monoisotopic (exact) mass is 207 g/mol. The molecule has 0 amide bonds. The molecule has 1 saturated heterocycles. The van der Waals surface area contributed by atoms with E-state index in [2.05, 4.69) is 5.32 Å². The molecule has 1 aromatic carbocycles. The first kappa shape index (κ1) is 9.16. The Morgan fingerprint density at radius 3 is 2.80 bits per heavy atom. The lowest BCUT2D eigenvalue weighted by molar-refractivity contribution is 0.0624. The van der Waals surface area contributed by atoms with Crippen molar-refractivity contribution in [3.05, 3.63) is 29.6 Å². The lowest BCUT2D eigenvalue weighted by Gasteiger charge is -2.34. The van der Waals surface area contributed by atoms with Gasteiger partial charge in [0.15, 0.2) is 0 Å². The molecule has 0 bridgehead atoms. The highest BCUT2D eigenvalue weighted by atomic mass is 19.1. The first-order valence-corrected chi connectivity index (χ1v) is 5.42. The van der Waals surface area contributed by atoms with Crippen molar-refractivity contribution in [2.75, 3.05) is 18.5 Å². The van der Waals surface area contributed by atoms with Crippen molar-refractivity contribution in [2.45, 2.75) is 24.8 Å². The number of ether oxygens (including phenoxy) is 1. The smallest absolute Gasteiger partial charge is 0.146 e. The molecule has 3 rings (SSSR count). The predicted molar refractivity (Wildman–Crippen MR) is 56.5 cm³/mol. The molecule has 15 heavy (non-hydrogen) atoms. The Balaban J connectivity index is 1.94. The van der Waals surface area contributed by atoms with E-state index in [4.69, 9.17) is 4.74 Å². The van der Waals surface area contributed by atoms with Crippen LogP contribution in [0.5, 0.6) is 0 Å². The van der Waals surface area contributed by atoms with Gasteiger partial charge in [-0.25, -0.2) is 4.39 Å². The van der Waals surface area contributed by atoms with Crippen molar-refractivity contribution in [2.24, 2.45) is 0 Å². The third-order valence-corrected chi connectivity index (χ3v) is 3.47. The van der Waals surface area contributed by atoms with E-state index >= 15 is 0 Å². The Morgan fingerprint density at radius 1 is 1.27 bits per heavy atom. The zero-order chi connectivity index (χ0) is 10.3. The molecule has 2 aliphatic heterocycles. The van der Waals surface area contributed by atoms with Gasteiger partial charge in [-0.15, -0.1) is 0 Å². The van der Waals surface area contributed by atoms with Crippen LogP contribution in [-0.4, -0.2) is 18.8 Å². The third-order valence-electron chi connectivity index (χ3n) is 3.47. The fraction of sp³-hybridized carbons (Fsp3) is 0.500. The number of nitrogens with one attached hydrogen (secondary N) is 1. The largest absolute Gasteiger partial charge is 0.381 e. The summed E-state index contributed by atoms with van der Waals surface area (Å²) in [6.07, 6.45) is 2.88. The summed E-state index contributed by atoms with van der Waals surface area (Å²) in [7, 11) is 0. The van der Waals surface area contributed by atoms with Crippen LogP contribution >= 0.6 is 0 Å². The molecular weight excluding hydrogens is 193 g/mol. The van der Waals surface area contributed by atoms with Crippen LogP contribution in [0.15, 0.2) is 18.2 Å². The van der Waals surface area contributed by atoms with E-state index in [0.29, 0.717) is 5.69 Å². The van der Waals surface area contributed by atoms with Crippen molar-refractivity contribution in [3.63, 3.8) is 0 Å². The van der Waals surface area contributed by atoms with Gasteiger partial charge in [0.25, 0.3) is 0 Å². The Hall–Kier alpha value is -1.09. The van der Waals surface area contributed by atoms with Crippen molar-refractivity contribution >= 4 is 5.69 Å². The van der Waals surface area contributed by atoms with Crippen LogP contribution in [0.1, 0.15) is 18.4 Å². The van der Waals surface area contributed by atoms with E-state index in [9.17, 15) is 4.39 Å². The molecule has 1 fully saturated rings. The fourth-order valence-corrected chi connectivity index (χ4v) is 2.59. The molecule has 0 saturated carbocycles. The van der Waals surface area contributed by atoms with Gasteiger partial charge in [0.2, 0.25) is 0 Å². The summed E-state index contributed by atoms with van der Waals surface area (Å²) in [6, 6.07) is 5.31. The van der Waals surface area contributed by atoms with Gasteiger partial charge in [-0.1, -0.05) is 12.1 Å². The Morgan fingerprint density at radius 2 is 2.07 bits per heavy atom. The Bertz CT molecular complexity index is 385. The van der Waals surface area contributed by atoms with E-state index in [1.807, 2.05) is 6.07 Å². The Kier molecular flexibility index (Phi) is 1.96. The molecule has 80 valence electrons. The van der Waals surface area contributed by atoms with Crippen LogP contribution < -0.4 is 5.32 Å². The minimum Gasteiger partial charge on any atom is -0.381 e. The standard InChI is InChI=1S/C12H14FNO/c13-10-3-1-2-9-8-12(14-11(9)10)4-6-15-7-5-12/h1-3,14H,4-8H2. The van der Waals surface area contributed by atoms with Gasteiger partial charge in [-0.2, -0.15) is 0 Å². The SMILES string of the molecule is Fc1cccc2c1NC1(CCOCC1)C2. The number of rotatable bonds is 0. The number of hydrogen-bond donors (Lipinski definition) is 1. The maximum atomic E-state index is 13.5. The third kappa shape index (κ3) is 1.42. The molecule has 0 atom stereocenters. The molecule has 3 heteroatoms. The molecule has 0 aliphatic carbocycles. The topological polar surface area (TPSA) is 21.3 Å². The quantitative estimate of drug-likeness (QED) is 0.705. The normalized spacial score (nSPS) is 22.5. The highest BCUT2D eigenvalue weighted by molar-refractivity contribution is 5.60. The van der Waals surface area contributed by atoms with E-state index in [0.717, 1.165) is 38.0 Å². The van der Waals surface area contributed by atoms with Crippen LogP contribution in [0, 0.1) is 5.82 Å². The fourth-order valence-electron chi connectivity index (χ4n) is 2.59. The molecular formula is C12H14FNO. The number of benzene rings is 1. The first-order valence-electron chi connectivity index (χ1n) is 5.42. The molecule has 2 aliphatic rings. The summed E-state index contributed by atoms with van der Waals surface area (Å²) in [4.78, 5) is 0.